The molecule has 0 aliphatic carbocycles. The number of hydrogen-bond acceptors (Lipinski definition) is 2. The van der Waals surface area contributed by atoms with Gasteiger partial charge in [-0.05, 0) is 41.5 Å². The summed E-state index contributed by atoms with van der Waals surface area (Å²) < 4.78 is 0. The van der Waals surface area contributed by atoms with Crippen LogP contribution in [-0.4, -0.2) is 11.4 Å². The molecule has 2 heteroatoms. The van der Waals surface area contributed by atoms with E-state index in [4.69, 9.17) is 0 Å². The fourth-order valence-corrected chi connectivity index (χ4v) is 3.49. The third-order valence-corrected chi connectivity index (χ3v) is 4.85. The van der Waals surface area contributed by atoms with Crippen LogP contribution in [-0.2, 0) is 12.8 Å². The van der Waals surface area contributed by atoms with Crippen molar-refractivity contribution in [2.75, 3.05) is 6.26 Å². The second-order valence-corrected chi connectivity index (χ2v) is 6.42. The highest BCUT2D eigenvalue weighted by Crippen LogP contribution is 2.33. The fourth-order valence-electron chi connectivity index (χ4n) is 2.84. The smallest absolute Gasteiger partial charge is 0.119 e. The standard InChI is InChI=1S/C21H20OS/c1-23-21-13-12-20(22)18(14-16-8-4-2-5-9-16)19(21)15-17-10-6-3-7-11-17/h2-13,22H,14-15H2,1H3. The Labute approximate surface area is 142 Å². The zero-order valence-electron chi connectivity index (χ0n) is 13.2. The summed E-state index contributed by atoms with van der Waals surface area (Å²) in [7, 11) is 0. The number of hydrogen-bond donors (Lipinski definition) is 1. The van der Waals surface area contributed by atoms with E-state index in [1.165, 1.54) is 21.6 Å². The van der Waals surface area contributed by atoms with E-state index >= 15 is 0 Å². The molecule has 0 amide bonds. The number of phenolic OH excluding ortho intramolecular Hbond substituents is 1. The van der Waals surface area contributed by atoms with Gasteiger partial charge in [0.1, 0.15) is 5.75 Å². The van der Waals surface area contributed by atoms with Gasteiger partial charge in [-0.25, -0.2) is 0 Å². The molecule has 0 unspecified atom stereocenters. The Kier molecular flexibility index (Phi) is 5.04. The topological polar surface area (TPSA) is 20.2 Å². The molecule has 116 valence electrons. The molecule has 0 saturated heterocycles. The molecule has 0 aliphatic heterocycles. The molecule has 23 heavy (non-hydrogen) atoms. The summed E-state index contributed by atoms with van der Waals surface area (Å²) in [5.41, 5.74) is 4.75. The number of benzene rings is 3. The fraction of sp³-hybridized carbons (Fsp3) is 0.143. The maximum atomic E-state index is 10.4. The first-order valence-corrected chi connectivity index (χ1v) is 8.96. The molecule has 0 saturated carbocycles. The average molecular weight is 320 g/mol. The Balaban J connectivity index is 2.03. The summed E-state index contributed by atoms with van der Waals surface area (Å²) in [4.78, 5) is 1.23. The summed E-state index contributed by atoms with van der Waals surface area (Å²) in [5.74, 6) is 0.387. The van der Waals surface area contributed by atoms with E-state index in [1.807, 2.05) is 36.4 Å². The summed E-state index contributed by atoms with van der Waals surface area (Å²) in [6, 6.07) is 24.6. The number of rotatable bonds is 5. The van der Waals surface area contributed by atoms with Crippen molar-refractivity contribution in [3.8, 4) is 5.75 Å². The Morgan fingerprint density at radius 3 is 1.74 bits per heavy atom. The van der Waals surface area contributed by atoms with Crippen LogP contribution in [0.4, 0.5) is 0 Å². The minimum absolute atomic E-state index is 0.387. The normalized spacial score (nSPS) is 10.7. The number of phenols is 1. The van der Waals surface area contributed by atoms with Crippen LogP contribution in [0.15, 0.2) is 77.7 Å². The van der Waals surface area contributed by atoms with Gasteiger partial charge in [0, 0.05) is 16.9 Å². The lowest BCUT2D eigenvalue weighted by molar-refractivity contribution is 0.468. The summed E-state index contributed by atoms with van der Waals surface area (Å²) in [6.45, 7) is 0. The highest BCUT2D eigenvalue weighted by molar-refractivity contribution is 7.98. The summed E-state index contributed by atoms with van der Waals surface area (Å²) in [5, 5.41) is 10.4. The van der Waals surface area contributed by atoms with Crippen molar-refractivity contribution >= 4 is 11.8 Å². The first kappa shape index (κ1) is 15.7. The van der Waals surface area contributed by atoms with Gasteiger partial charge >= 0.3 is 0 Å². The van der Waals surface area contributed by atoms with Gasteiger partial charge in [-0.15, -0.1) is 11.8 Å². The van der Waals surface area contributed by atoms with Gasteiger partial charge in [-0.2, -0.15) is 0 Å². The number of thioether (sulfide) groups is 1. The molecule has 0 atom stereocenters. The molecule has 1 nitrogen and oxygen atoms in total. The van der Waals surface area contributed by atoms with Gasteiger partial charge in [0.25, 0.3) is 0 Å². The van der Waals surface area contributed by atoms with E-state index in [1.54, 1.807) is 11.8 Å². The first-order chi connectivity index (χ1) is 11.3. The SMILES string of the molecule is CSc1ccc(O)c(Cc2ccccc2)c1Cc1ccccc1. The lowest BCUT2D eigenvalue weighted by atomic mass is 9.94. The van der Waals surface area contributed by atoms with Gasteiger partial charge < -0.3 is 5.11 Å². The van der Waals surface area contributed by atoms with E-state index in [0.717, 1.165) is 18.4 Å². The molecule has 3 aromatic rings. The third kappa shape index (κ3) is 3.77. The van der Waals surface area contributed by atoms with E-state index in [2.05, 4.69) is 42.7 Å². The largest absolute Gasteiger partial charge is 0.508 e. The Morgan fingerprint density at radius 1 is 0.696 bits per heavy atom. The molecule has 0 aromatic heterocycles. The summed E-state index contributed by atoms with van der Waals surface area (Å²) >= 11 is 1.74. The number of aromatic hydroxyl groups is 1. The molecule has 3 aromatic carbocycles. The first-order valence-electron chi connectivity index (χ1n) is 7.73. The van der Waals surface area contributed by atoms with Crippen molar-refractivity contribution in [3.63, 3.8) is 0 Å². The molecule has 0 spiro atoms. The van der Waals surface area contributed by atoms with Crippen LogP contribution >= 0.6 is 11.8 Å². The van der Waals surface area contributed by atoms with Gasteiger partial charge in [-0.1, -0.05) is 60.7 Å². The summed E-state index contributed by atoms with van der Waals surface area (Å²) in [6.07, 6.45) is 3.68. The van der Waals surface area contributed by atoms with E-state index < -0.39 is 0 Å². The van der Waals surface area contributed by atoms with Gasteiger partial charge in [0.15, 0.2) is 0 Å². The second kappa shape index (κ2) is 7.38. The van der Waals surface area contributed by atoms with Crippen molar-refractivity contribution in [2.24, 2.45) is 0 Å². The van der Waals surface area contributed by atoms with Crippen LogP contribution < -0.4 is 0 Å². The minimum Gasteiger partial charge on any atom is -0.508 e. The Morgan fingerprint density at radius 2 is 1.22 bits per heavy atom. The maximum absolute atomic E-state index is 10.4. The van der Waals surface area contributed by atoms with Crippen molar-refractivity contribution in [1.29, 1.82) is 0 Å². The van der Waals surface area contributed by atoms with Crippen molar-refractivity contribution in [2.45, 2.75) is 17.7 Å². The van der Waals surface area contributed by atoms with Crippen molar-refractivity contribution in [3.05, 3.63) is 95.1 Å². The van der Waals surface area contributed by atoms with Crippen LogP contribution in [0.1, 0.15) is 22.3 Å². The average Bonchev–Trinajstić information content (AvgIpc) is 2.60. The lowest BCUT2D eigenvalue weighted by Gasteiger charge is -2.16. The minimum atomic E-state index is 0.387. The Hall–Kier alpha value is -2.19. The van der Waals surface area contributed by atoms with Crippen LogP contribution in [0.5, 0.6) is 5.75 Å². The van der Waals surface area contributed by atoms with Crippen molar-refractivity contribution in [1.82, 2.24) is 0 Å². The van der Waals surface area contributed by atoms with Crippen LogP contribution in [0.2, 0.25) is 0 Å². The zero-order valence-corrected chi connectivity index (χ0v) is 14.0. The molecule has 3 rings (SSSR count). The molecule has 0 aliphatic rings. The molecule has 0 radical (unpaired) electrons. The van der Waals surface area contributed by atoms with Crippen LogP contribution in [0.25, 0.3) is 0 Å². The predicted molar refractivity (Wildman–Crippen MR) is 98.4 cm³/mol. The maximum Gasteiger partial charge on any atom is 0.119 e. The molecule has 1 N–H and O–H groups in total. The van der Waals surface area contributed by atoms with Gasteiger partial charge in [0.05, 0.1) is 0 Å². The van der Waals surface area contributed by atoms with Gasteiger partial charge in [-0.3, -0.25) is 0 Å². The third-order valence-electron chi connectivity index (χ3n) is 4.03. The highest BCUT2D eigenvalue weighted by Gasteiger charge is 2.14. The molecule has 0 heterocycles. The Bertz CT molecular complexity index is 767. The van der Waals surface area contributed by atoms with Gasteiger partial charge in [0.2, 0.25) is 0 Å². The molecular weight excluding hydrogens is 300 g/mol. The van der Waals surface area contributed by atoms with E-state index in [0.29, 0.717) is 5.75 Å². The molecule has 0 bridgehead atoms. The van der Waals surface area contributed by atoms with E-state index in [-0.39, 0.29) is 0 Å². The molecule has 0 fully saturated rings. The quantitative estimate of drug-likeness (QED) is 0.644. The second-order valence-electron chi connectivity index (χ2n) is 5.57. The van der Waals surface area contributed by atoms with Crippen LogP contribution in [0, 0.1) is 0 Å². The zero-order chi connectivity index (χ0) is 16.1. The predicted octanol–water partition coefficient (Wildman–Crippen LogP) is 5.30. The highest BCUT2D eigenvalue weighted by atomic mass is 32.2. The van der Waals surface area contributed by atoms with E-state index in [9.17, 15) is 5.11 Å². The lowest BCUT2D eigenvalue weighted by Crippen LogP contribution is -2.00. The van der Waals surface area contributed by atoms with Crippen molar-refractivity contribution < 1.29 is 5.11 Å². The van der Waals surface area contributed by atoms with Crippen LogP contribution in [0.3, 0.4) is 0 Å². The monoisotopic (exact) mass is 320 g/mol. The molecular formula is C21H20OS.